The Morgan fingerprint density at radius 2 is 1.81 bits per heavy atom. The minimum Gasteiger partial charge on any atom is -0.458 e. The minimum atomic E-state index is -1.57. The number of benzene rings is 1. The molecule has 1 unspecified atom stereocenters. The summed E-state index contributed by atoms with van der Waals surface area (Å²) in [6, 6.07) is 4.85. The lowest BCUT2D eigenvalue weighted by Crippen LogP contribution is -2.25. The molecule has 0 heterocycles. The molecule has 0 aliphatic rings. The maximum atomic E-state index is 10.3. The highest BCUT2D eigenvalue weighted by molar-refractivity contribution is 5.35. The second-order valence-corrected chi connectivity index (χ2v) is 2.84. The van der Waals surface area contributed by atoms with Crippen LogP contribution in [0.3, 0.4) is 0 Å². The standard InChI is InChI=1S/C8H8N2O6/c11-8(5-9(12)13)16-7-3-1-6(2-4-7)10(14)15/h1-4,8,11H,5H2. The highest BCUT2D eigenvalue weighted by Crippen LogP contribution is 2.17. The molecule has 8 nitrogen and oxygen atoms in total. The third-order valence-corrected chi connectivity index (χ3v) is 1.62. The smallest absolute Gasteiger partial charge is 0.269 e. The number of ether oxygens (including phenoxy) is 1. The molecule has 8 heteroatoms. The Morgan fingerprint density at radius 1 is 1.25 bits per heavy atom. The molecule has 1 atom stereocenters. The lowest BCUT2D eigenvalue weighted by molar-refractivity contribution is -0.499. The van der Waals surface area contributed by atoms with Gasteiger partial charge in [-0.05, 0) is 12.1 Å². The van der Waals surface area contributed by atoms with E-state index in [1.807, 2.05) is 0 Å². The van der Waals surface area contributed by atoms with E-state index in [4.69, 9.17) is 9.84 Å². The Labute approximate surface area is 89.4 Å². The van der Waals surface area contributed by atoms with Crippen LogP contribution in [0.5, 0.6) is 5.75 Å². The molecule has 0 aliphatic heterocycles. The van der Waals surface area contributed by atoms with Crippen molar-refractivity contribution < 1.29 is 19.7 Å². The Kier molecular flexibility index (Phi) is 3.72. The van der Waals surface area contributed by atoms with E-state index in [0.717, 1.165) is 0 Å². The first-order valence-electron chi connectivity index (χ1n) is 4.20. The summed E-state index contributed by atoms with van der Waals surface area (Å²) in [7, 11) is 0. The second kappa shape index (κ2) is 5.03. The quantitative estimate of drug-likeness (QED) is 0.447. The molecule has 16 heavy (non-hydrogen) atoms. The fraction of sp³-hybridized carbons (Fsp3) is 0.250. The highest BCUT2D eigenvalue weighted by atomic mass is 16.7. The van der Waals surface area contributed by atoms with Crippen molar-refractivity contribution in [3.05, 3.63) is 44.5 Å². The molecule has 0 aliphatic carbocycles. The predicted octanol–water partition coefficient (Wildman–Crippen LogP) is 0.569. The van der Waals surface area contributed by atoms with Crippen LogP contribution >= 0.6 is 0 Å². The van der Waals surface area contributed by atoms with Crippen molar-refractivity contribution in [2.75, 3.05) is 6.54 Å². The third kappa shape index (κ3) is 3.50. The van der Waals surface area contributed by atoms with E-state index in [1.165, 1.54) is 24.3 Å². The molecule has 86 valence electrons. The Morgan fingerprint density at radius 3 is 2.25 bits per heavy atom. The first-order chi connectivity index (χ1) is 7.49. The van der Waals surface area contributed by atoms with Crippen LogP contribution in [0.4, 0.5) is 5.69 Å². The molecule has 1 aromatic rings. The Bertz CT molecular complexity index is 390. The zero-order valence-electron chi connectivity index (χ0n) is 7.98. The molecular weight excluding hydrogens is 220 g/mol. The van der Waals surface area contributed by atoms with Gasteiger partial charge in [-0.3, -0.25) is 20.2 Å². The number of hydrogen-bond acceptors (Lipinski definition) is 6. The molecule has 0 bridgehead atoms. The van der Waals surface area contributed by atoms with Gasteiger partial charge in [0.2, 0.25) is 0 Å². The molecule has 0 spiro atoms. The number of rotatable bonds is 5. The first-order valence-corrected chi connectivity index (χ1v) is 4.20. The normalized spacial score (nSPS) is 11.8. The van der Waals surface area contributed by atoms with Crippen molar-refractivity contribution in [2.45, 2.75) is 6.29 Å². The van der Waals surface area contributed by atoms with Crippen LogP contribution in [0.15, 0.2) is 24.3 Å². The van der Waals surface area contributed by atoms with E-state index < -0.39 is 22.7 Å². The van der Waals surface area contributed by atoms with Crippen LogP contribution in [0.2, 0.25) is 0 Å². The molecule has 1 N–H and O–H groups in total. The van der Waals surface area contributed by atoms with Gasteiger partial charge in [0.1, 0.15) is 5.75 Å². The van der Waals surface area contributed by atoms with Gasteiger partial charge in [-0.25, -0.2) is 0 Å². The van der Waals surface area contributed by atoms with Crippen LogP contribution in [0, 0.1) is 20.2 Å². The molecule has 0 fully saturated rings. The average Bonchev–Trinajstić information content (AvgIpc) is 2.16. The Balaban J connectivity index is 2.61. The summed E-state index contributed by atoms with van der Waals surface area (Å²) in [6.45, 7) is -0.753. The predicted molar refractivity (Wildman–Crippen MR) is 51.6 cm³/mol. The fourth-order valence-electron chi connectivity index (χ4n) is 0.968. The maximum absolute atomic E-state index is 10.3. The largest absolute Gasteiger partial charge is 0.458 e. The van der Waals surface area contributed by atoms with Gasteiger partial charge in [0.15, 0.2) is 0 Å². The topological polar surface area (TPSA) is 116 Å². The zero-order chi connectivity index (χ0) is 12.1. The van der Waals surface area contributed by atoms with Crippen molar-refractivity contribution in [2.24, 2.45) is 0 Å². The molecule has 0 amide bonds. The number of nitro groups is 2. The van der Waals surface area contributed by atoms with Crippen molar-refractivity contribution >= 4 is 5.69 Å². The molecule has 1 aromatic carbocycles. The van der Waals surface area contributed by atoms with E-state index in [1.54, 1.807) is 0 Å². The van der Waals surface area contributed by atoms with Gasteiger partial charge >= 0.3 is 0 Å². The zero-order valence-corrected chi connectivity index (χ0v) is 7.98. The van der Waals surface area contributed by atoms with E-state index in [-0.39, 0.29) is 11.4 Å². The summed E-state index contributed by atoms with van der Waals surface area (Å²) < 4.78 is 4.75. The number of nitrogens with zero attached hydrogens (tertiary/aromatic N) is 2. The van der Waals surface area contributed by atoms with E-state index in [2.05, 4.69) is 0 Å². The van der Waals surface area contributed by atoms with Gasteiger partial charge in [0.05, 0.1) is 4.92 Å². The van der Waals surface area contributed by atoms with Crippen LogP contribution < -0.4 is 4.74 Å². The molecule has 0 aromatic heterocycles. The monoisotopic (exact) mass is 228 g/mol. The SMILES string of the molecule is O=[N+]([O-])CC(O)Oc1ccc([N+](=O)[O-])cc1. The van der Waals surface area contributed by atoms with Crippen LogP contribution in [-0.4, -0.2) is 27.8 Å². The van der Waals surface area contributed by atoms with E-state index in [0.29, 0.717) is 0 Å². The van der Waals surface area contributed by atoms with Crippen LogP contribution in [-0.2, 0) is 0 Å². The first kappa shape index (κ1) is 11.9. The van der Waals surface area contributed by atoms with Crippen molar-refractivity contribution in [1.82, 2.24) is 0 Å². The van der Waals surface area contributed by atoms with Gasteiger partial charge in [-0.15, -0.1) is 0 Å². The average molecular weight is 228 g/mol. The van der Waals surface area contributed by atoms with Gasteiger partial charge in [-0.2, -0.15) is 0 Å². The highest BCUT2D eigenvalue weighted by Gasteiger charge is 2.13. The minimum absolute atomic E-state index is 0.125. The molecule has 0 saturated carbocycles. The second-order valence-electron chi connectivity index (χ2n) is 2.84. The lowest BCUT2D eigenvalue weighted by atomic mass is 10.3. The van der Waals surface area contributed by atoms with Crippen molar-refractivity contribution in [3.63, 3.8) is 0 Å². The molecule has 1 rings (SSSR count). The number of aliphatic hydroxyl groups is 1. The molecule has 0 saturated heterocycles. The van der Waals surface area contributed by atoms with Gasteiger partial charge in [0.25, 0.3) is 18.5 Å². The van der Waals surface area contributed by atoms with Gasteiger partial charge < -0.3 is 9.84 Å². The summed E-state index contributed by atoms with van der Waals surface area (Å²) in [5.74, 6) is 0.125. The van der Waals surface area contributed by atoms with Gasteiger partial charge in [0, 0.05) is 17.1 Å². The summed E-state index contributed by atoms with van der Waals surface area (Å²) in [4.78, 5) is 19.0. The Hall–Kier alpha value is -2.22. The molecular formula is C8H8N2O6. The fourth-order valence-corrected chi connectivity index (χ4v) is 0.968. The third-order valence-electron chi connectivity index (χ3n) is 1.62. The lowest BCUT2D eigenvalue weighted by Gasteiger charge is -2.08. The maximum Gasteiger partial charge on any atom is 0.269 e. The van der Waals surface area contributed by atoms with Crippen LogP contribution in [0.1, 0.15) is 0 Å². The summed E-state index contributed by atoms with van der Waals surface area (Å²) >= 11 is 0. The summed E-state index contributed by atoms with van der Waals surface area (Å²) in [6.07, 6.45) is -1.57. The summed E-state index contributed by atoms with van der Waals surface area (Å²) in [5.41, 5.74) is -0.129. The number of aliphatic hydroxyl groups excluding tert-OH is 1. The number of nitro benzene ring substituents is 1. The van der Waals surface area contributed by atoms with Crippen molar-refractivity contribution in [1.29, 1.82) is 0 Å². The van der Waals surface area contributed by atoms with Crippen LogP contribution in [0.25, 0.3) is 0 Å². The van der Waals surface area contributed by atoms with Gasteiger partial charge in [-0.1, -0.05) is 0 Å². The van der Waals surface area contributed by atoms with Crippen molar-refractivity contribution in [3.8, 4) is 5.75 Å². The van der Waals surface area contributed by atoms with E-state index in [9.17, 15) is 20.2 Å². The molecule has 0 radical (unpaired) electrons. The number of non-ortho nitro benzene ring substituents is 1. The van der Waals surface area contributed by atoms with E-state index >= 15 is 0 Å². The summed E-state index contributed by atoms with van der Waals surface area (Å²) in [5, 5.41) is 29.4. The number of hydrogen-bond donors (Lipinski definition) is 1.